The van der Waals surface area contributed by atoms with E-state index in [2.05, 4.69) is 224 Å². The number of fused-ring (bicyclic) bond motifs is 3. The van der Waals surface area contributed by atoms with Gasteiger partial charge in [0.1, 0.15) is 0 Å². The maximum absolute atomic E-state index is 5.29. The van der Waals surface area contributed by atoms with Crippen LogP contribution in [0.25, 0.3) is 111 Å². The van der Waals surface area contributed by atoms with Crippen molar-refractivity contribution in [1.82, 2.24) is 9.97 Å². The van der Waals surface area contributed by atoms with Crippen molar-refractivity contribution in [2.75, 3.05) is 0 Å². The maximum Gasteiger partial charge on any atom is 0.160 e. The second kappa shape index (κ2) is 16.1. The Kier molecular flexibility index (Phi) is 9.57. The summed E-state index contributed by atoms with van der Waals surface area (Å²) in [4.78, 5) is 10.5. The largest absolute Gasteiger partial charge is 0.227 e. The first kappa shape index (κ1) is 36.8. The third-order valence-corrected chi connectivity index (χ3v) is 11.9. The molecule has 10 aromatic carbocycles. The highest BCUT2D eigenvalue weighted by Crippen LogP contribution is 2.50. The van der Waals surface area contributed by atoms with Gasteiger partial charge in [0.2, 0.25) is 0 Å². The third-order valence-electron chi connectivity index (χ3n) is 11.9. The van der Waals surface area contributed by atoms with Gasteiger partial charge in [0.15, 0.2) is 5.82 Å². The molecule has 11 rings (SSSR count). The summed E-state index contributed by atoms with van der Waals surface area (Å²) in [6.45, 7) is 0. The Morgan fingerprint density at radius 3 is 1.27 bits per heavy atom. The number of aromatic nitrogens is 2. The molecular formula is C60H40N2. The van der Waals surface area contributed by atoms with Gasteiger partial charge < -0.3 is 0 Å². The minimum atomic E-state index is 0.715. The van der Waals surface area contributed by atoms with Crippen LogP contribution in [0.15, 0.2) is 243 Å². The Hall–Kier alpha value is -8.20. The first-order valence-electron chi connectivity index (χ1n) is 21.2. The van der Waals surface area contributed by atoms with Crippen molar-refractivity contribution < 1.29 is 0 Å². The van der Waals surface area contributed by atoms with Gasteiger partial charge >= 0.3 is 0 Å². The van der Waals surface area contributed by atoms with E-state index in [1.54, 1.807) is 0 Å². The van der Waals surface area contributed by atoms with Gasteiger partial charge in [-0.15, -0.1) is 0 Å². The molecule has 0 saturated heterocycles. The second-order valence-electron chi connectivity index (χ2n) is 15.7. The van der Waals surface area contributed by atoms with Crippen molar-refractivity contribution in [2.45, 2.75) is 0 Å². The van der Waals surface area contributed by atoms with Gasteiger partial charge in [0, 0.05) is 21.9 Å². The van der Waals surface area contributed by atoms with E-state index in [1.807, 2.05) is 18.2 Å². The van der Waals surface area contributed by atoms with Crippen LogP contribution in [0, 0.1) is 0 Å². The molecule has 1 heterocycles. The average Bonchev–Trinajstić information content (AvgIpc) is 3.36. The summed E-state index contributed by atoms with van der Waals surface area (Å²) < 4.78 is 0. The van der Waals surface area contributed by atoms with Crippen LogP contribution >= 0.6 is 0 Å². The predicted octanol–water partition coefficient (Wildman–Crippen LogP) is 16.1. The lowest BCUT2D eigenvalue weighted by atomic mass is 9.78. The van der Waals surface area contributed by atoms with E-state index in [1.165, 1.54) is 50.1 Å². The van der Waals surface area contributed by atoms with Crippen LogP contribution in [-0.4, -0.2) is 9.97 Å². The zero-order valence-electron chi connectivity index (χ0n) is 34.0. The van der Waals surface area contributed by atoms with Crippen LogP contribution in [0.3, 0.4) is 0 Å². The predicted molar refractivity (Wildman–Crippen MR) is 261 cm³/mol. The van der Waals surface area contributed by atoms with Crippen molar-refractivity contribution in [2.24, 2.45) is 0 Å². The van der Waals surface area contributed by atoms with Gasteiger partial charge in [-0.3, -0.25) is 0 Å². The monoisotopic (exact) mass is 788 g/mol. The zero-order valence-corrected chi connectivity index (χ0v) is 34.0. The van der Waals surface area contributed by atoms with E-state index in [-0.39, 0.29) is 0 Å². The molecule has 0 spiro atoms. The molecule has 0 amide bonds. The Balaban J connectivity index is 1.14. The fourth-order valence-corrected chi connectivity index (χ4v) is 8.97. The van der Waals surface area contributed by atoms with Crippen LogP contribution in [0.2, 0.25) is 0 Å². The third kappa shape index (κ3) is 6.84. The summed E-state index contributed by atoms with van der Waals surface area (Å²) in [5.41, 5.74) is 18.0. The van der Waals surface area contributed by atoms with Crippen LogP contribution in [0.1, 0.15) is 0 Å². The molecule has 0 saturated carbocycles. The summed E-state index contributed by atoms with van der Waals surface area (Å²) in [6.07, 6.45) is 0. The smallest absolute Gasteiger partial charge is 0.160 e. The van der Waals surface area contributed by atoms with Crippen LogP contribution in [0.5, 0.6) is 0 Å². The molecule has 0 bridgehead atoms. The van der Waals surface area contributed by atoms with E-state index in [0.717, 1.165) is 55.2 Å². The van der Waals surface area contributed by atoms with E-state index >= 15 is 0 Å². The van der Waals surface area contributed by atoms with E-state index in [9.17, 15) is 0 Å². The lowest BCUT2D eigenvalue weighted by Gasteiger charge is -2.24. The van der Waals surface area contributed by atoms with Gasteiger partial charge in [-0.25, -0.2) is 9.97 Å². The van der Waals surface area contributed by atoms with Crippen LogP contribution < -0.4 is 0 Å². The summed E-state index contributed by atoms with van der Waals surface area (Å²) in [5, 5.41) is 3.31. The number of nitrogens with zero attached hydrogens (tertiary/aromatic N) is 2. The quantitative estimate of drug-likeness (QED) is 0.143. The van der Waals surface area contributed by atoms with E-state index < -0.39 is 0 Å². The lowest BCUT2D eigenvalue weighted by Crippen LogP contribution is -1.98. The summed E-state index contributed by atoms with van der Waals surface area (Å²) >= 11 is 0. The fourth-order valence-electron chi connectivity index (χ4n) is 8.97. The lowest BCUT2D eigenvalue weighted by molar-refractivity contribution is 1.23. The first-order valence-corrected chi connectivity index (χ1v) is 21.2. The second-order valence-corrected chi connectivity index (χ2v) is 15.7. The highest BCUT2D eigenvalue weighted by Gasteiger charge is 2.24. The Bertz CT molecular complexity index is 3360. The molecule has 0 atom stereocenters. The van der Waals surface area contributed by atoms with Gasteiger partial charge in [-0.1, -0.05) is 218 Å². The summed E-state index contributed by atoms with van der Waals surface area (Å²) in [6, 6.07) is 86.8. The molecule has 2 nitrogen and oxygen atoms in total. The normalized spacial score (nSPS) is 11.2. The first-order chi connectivity index (χ1) is 30.8. The van der Waals surface area contributed by atoms with E-state index in [4.69, 9.17) is 9.97 Å². The molecule has 0 unspecified atom stereocenters. The molecule has 11 aromatic rings. The van der Waals surface area contributed by atoms with Crippen molar-refractivity contribution in [3.8, 4) is 89.4 Å². The minimum absolute atomic E-state index is 0.715. The summed E-state index contributed by atoms with van der Waals surface area (Å²) in [5.74, 6) is 0.715. The van der Waals surface area contributed by atoms with Crippen LogP contribution in [0.4, 0.5) is 0 Å². The van der Waals surface area contributed by atoms with Gasteiger partial charge in [-0.05, 0) is 96.4 Å². The molecule has 0 aliphatic carbocycles. The Labute approximate surface area is 362 Å². The SMILES string of the molecule is c1ccc(-c2nc(-c3cccc(-c4cccc(-c5cc(-c6ccccc6)c(-c6ccccc6)c(-c6ccccc6)c5-c5ccccc5)c4)c3)c3ccc4ccccc4c3n2)cc1. The number of rotatable bonds is 8. The number of benzene rings is 10. The molecule has 2 heteroatoms. The highest BCUT2D eigenvalue weighted by molar-refractivity contribution is 6.10. The molecule has 290 valence electrons. The Morgan fingerprint density at radius 2 is 0.677 bits per heavy atom. The molecule has 0 fully saturated rings. The van der Waals surface area contributed by atoms with E-state index in [0.29, 0.717) is 5.82 Å². The Morgan fingerprint density at radius 1 is 0.242 bits per heavy atom. The molecule has 0 aliphatic heterocycles. The molecule has 0 aliphatic rings. The minimum Gasteiger partial charge on any atom is -0.227 e. The molecule has 62 heavy (non-hydrogen) atoms. The summed E-state index contributed by atoms with van der Waals surface area (Å²) in [7, 11) is 0. The van der Waals surface area contributed by atoms with Crippen LogP contribution in [-0.2, 0) is 0 Å². The van der Waals surface area contributed by atoms with Crippen molar-refractivity contribution in [3.05, 3.63) is 243 Å². The van der Waals surface area contributed by atoms with Crippen molar-refractivity contribution >= 4 is 21.7 Å². The fraction of sp³-hybridized carbons (Fsp3) is 0. The van der Waals surface area contributed by atoms with Gasteiger partial charge in [0.25, 0.3) is 0 Å². The van der Waals surface area contributed by atoms with Crippen molar-refractivity contribution in [3.63, 3.8) is 0 Å². The topological polar surface area (TPSA) is 25.8 Å². The van der Waals surface area contributed by atoms with Gasteiger partial charge in [0.05, 0.1) is 11.2 Å². The van der Waals surface area contributed by atoms with Crippen molar-refractivity contribution in [1.29, 1.82) is 0 Å². The highest BCUT2D eigenvalue weighted by atomic mass is 14.9. The maximum atomic E-state index is 5.29. The standard InChI is InChI=1S/C60H40N2/c1-6-20-41(21-7-1)53-40-54(56(44-25-10-3-11-26-44)57(45-27-12-4-13-28-45)55(53)43-23-8-2-9-24-43)49-33-18-31-47(38-49)48-32-19-34-50(39-48)58-52-37-36-42-22-16-17-35-51(42)59(52)62-60(61-58)46-29-14-5-15-30-46/h1-40H. The van der Waals surface area contributed by atoms with Gasteiger partial charge in [-0.2, -0.15) is 0 Å². The molecule has 1 aromatic heterocycles. The molecule has 0 N–H and O–H groups in total. The number of hydrogen-bond acceptors (Lipinski definition) is 2. The average molecular weight is 789 g/mol. The number of hydrogen-bond donors (Lipinski definition) is 0. The zero-order chi connectivity index (χ0) is 41.2. The molecular weight excluding hydrogens is 749 g/mol. The molecule has 0 radical (unpaired) electrons.